The lowest BCUT2D eigenvalue weighted by atomic mass is 10.2. The molecule has 2 aliphatic rings. The average molecular weight is 425 g/mol. The Bertz CT molecular complexity index is 959. The van der Waals surface area contributed by atoms with E-state index in [9.17, 15) is 0 Å². The second-order valence-corrected chi connectivity index (χ2v) is 9.28. The highest BCUT2D eigenvalue weighted by Gasteiger charge is 2.13. The first-order valence-corrected chi connectivity index (χ1v) is 12.7. The van der Waals surface area contributed by atoms with Gasteiger partial charge in [-0.05, 0) is 37.1 Å². The number of aromatic nitrogens is 1. The van der Waals surface area contributed by atoms with E-state index in [0.717, 1.165) is 37.4 Å². The summed E-state index contributed by atoms with van der Waals surface area (Å²) >= 11 is 1.88. The summed E-state index contributed by atoms with van der Waals surface area (Å²) in [6.07, 6.45) is 7.31. The topological polar surface area (TPSA) is 19.1 Å². The summed E-state index contributed by atoms with van der Waals surface area (Å²) in [4.78, 5) is 8.81. The first kappa shape index (κ1) is 22.7. The highest BCUT2D eigenvalue weighted by molar-refractivity contribution is 7.21. The molecule has 0 saturated carbocycles. The van der Waals surface area contributed by atoms with E-state index in [1.54, 1.807) is 0 Å². The van der Waals surface area contributed by atoms with Gasteiger partial charge >= 0.3 is 0 Å². The number of benzene rings is 2. The third-order valence-electron chi connectivity index (χ3n) is 5.63. The molecule has 0 aromatic heterocycles. The normalized spacial score (nSPS) is 11.3. The fraction of sp³-hybridized carbons (Fsp3) is 0.538. The number of unbranched alkanes of at least 4 members (excludes halogenated alkanes) is 2. The van der Waals surface area contributed by atoms with Crippen molar-refractivity contribution in [2.45, 2.75) is 66.2 Å². The maximum atomic E-state index is 4.97. The summed E-state index contributed by atoms with van der Waals surface area (Å²) in [6.45, 7) is 13.6. The SMILES string of the molecule is CCCCN(CCCC)c1ccc2nc3ccc(=[N+](CCC)CCC)cc-3sc2c1. The van der Waals surface area contributed by atoms with Crippen LogP contribution in [0.2, 0.25) is 0 Å². The highest BCUT2D eigenvalue weighted by Crippen LogP contribution is 2.32. The second-order valence-electron chi connectivity index (χ2n) is 8.20. The average Bonchev–Trinajstić information content (AvgIpc) is 2.77. The van der Waals surface area contributed by atoms with Gasteiger partial charge in [0.1, 0.15) is 13.1 Å². The molecule has 4 heteroatoms. The molecule has 162 valence electrons. The number of hydrogen-bond acceptors (Lipinski definition) is 3. The fourth-order valence-corrected chi connectivity index (χ4v) is 5.01. The van der Waals surface area contributed by atoms with Crippen LogP contribution in [0.4, 0.5) is 5.69 Å². The van der Waals surface area contributed by atoms with Crippen molar-refractivity contribution in [1.29, 1.82) is 0 Å². The number of hydrogen-bond donors (Lipinski definition) is 0. The molecular weight excluding hydrogens is 386 g/mol. The van der Waals surface area contributed by atoms with Crippen molar-refractivity contribution in [2.75, 3.05) is 31.1 Å². The quantitative estimate of drug-likeness (QED) is 0.262. The van der Waals surface area contributed by atoms with Crippen molar-refractivity contribution in [2.24, 2.45) is 0 Å². The van der Waals surface area contributed by atoms with E-state index < -0.39 is 0 Å². The zero-order valence-electron chi connectivity index (χ0n) is 19.3. The molecule has 1 aromatic rings. The van der Waals surface area contributed by atoms with E-state index in [-0.39, 0.29) is 0 Å². The molecule has 0 bridgehead atoms. The molecule has 0 unspecified atom stereocenters. The van der Waals surface area contributed by atoms with Gasteiger partial charge in [-0.15, -0.1) is 11.3 Å². The van der Waals surface area contributed by atoms with E-state index in [1.165, 1.54) is 59.1 Å². The third-order valence-corrected chi connectivity index (χ3v) is 6.72. The Kier molecular flexibility index (Phi) is 8.68. The van der Waals surface area contributed by atoms with Gasteiger partial charge in [-0.1, -0.05) is 40.5 Å². The van der Waals surface area contributed by atoms with Crippen LogP contribution in [0.5, 0.6) is 0 Å². The first-order chi connectivity index (χ1) is 14.7. The lowest BCUT2D eigenvalue weighted by Gasteiger charge is -2.25. The van der Waals surface area contributed by atoms with Gasteiger partial charge < -0.3 is 4.90 Å². The predicted molar refractivity (Wildman–Crippen MR) is 134 cm³/mol. The standard InChI is InChI=1S/C26H38N3S/c1-5-9-17-29(18-10-6-2)22-12-14-24-26(20-22)30-25-19-21(11-13-23(25)27-24)28(15-7-3)16-8-4/h11-14,19-20H,5-10,15-18H2,1-4H3/q+1. The highest BCUT2D eigenvalue weighted by atomic mass is 32.1. The summed E-state index contributed by atoms with van der Waals surface area (Å²) in [5.74, 6) is 0. The van der Waals surface area contributed by atoms with Crippen molar-refractivity contribution in [1.82, 2.24) is 9.56 Å². The lowest BCUT2D eigenvalue weighted by molar-refractivity contribution is 0.557. The Balaban J connectivity index is 2.04. The Morgan fingerprint density at radius 2 is 1.53 bits per heavy atom. The Hall–Kier alpha value is -1.94. The number of fused-ring (bicyclic) bond motifs is 2. The van der Waals surface area contributed by atoms with E-state index in [1.807, 2.05) is 11.3 Å². The van der Waals surface area contributed by atoms with Crippen molar-refractivity contribution >= 4 is 27.2 Å². The summed E-state index contributed by atoms with van der Waals surface area (Å²) in [5.41, 5.74) is 3.55. The molecular formula is C26H38N3S+. The molecule has 1 heterocycles. The minimum absolute atomic E-state index is 1.10. The monoisotopic (exact) mass is 424 g/mol. The van der Waals surface area contributed by atoms with Gasteiger partial charge in [-0.3, -0.25) is 0 Å². The molecule has 0 saturated heterocycles. The van der Waals surface area contributed by atoms with Crippen LogP contribution >= 0.6 is 11.3 Å². The van der Waals surface area contributed by atoms with Crippen molar-refractivity contribution < 1.29 is 0 Å². The van der Waals surface area contributed by atoms with Gasteiger partial charge in [0.05, 0.1) is 20.8 Å². The summed E-state index contributed by atoms with van der Waals surface area (Å²) in [6, 6.07) is 13.6. The van der Waals surface area contributed by atoms with E-state index in [2.05, 4.69) is 73.6 Å². The van der Waals surface area contributed by atoms with Gasteiger partial charge in [0.25, 0.3) is 0 Å². The minimum Gasteiger partial charge on any atom is -0.371 e. The van der Waals surface area contributed by atoms with E-state index in [4.69, 9.17) is 4.98 Å². The summed E-state index contributed by atoms with van der Waals surface area (Å²) in [5, 5.41) is 1.33. The lowest BCUT2D eigenvalue weighted by Crippen LogP contribution is -2.31. The molecule has 0 amide bonds. The molecule has 0 spiro atoms. The van der Waals surface area contributed by atoms with Crippen LogP contribution in [0, 0.1) is 0 Å². The minimum atomic E-state index is 1.10. The van der Waals surface area contributed by atoms with Crippen molar-refractivity contribution in [3.05, 3.63) is 41.8 Å². The molecule has 1 aliphatic heterocycles. The maximum Gasteiger partial charge on any atom is 0.201 e. The van der Waals surface area contributed by atoms with Crippen LogP contribution in [0.3, 0.4) is 0 Å². The van der Waals surface area contributed by atoms with Gasteiger partial charge in [0.15, 0.2) is 0 Å². The smallest absolute Gasteiger partial charge is 0.201 e. The molecule has 1 aliphatic carbocycles. The zero-order chi connectivity index (χ0) is 21.3. The van der Waals surface area contributed by atoms with Crippen LogP contribution in [0.1, 0.15) is 66.2 Å². The van der Waals surface area contributed by atoms with Gasteiger partial charge in [0.2, 0.25) is 5.36 Å². The molecule has 0 atom stereocenters. The molecule has 0 fully saturated rings. The number of anilines is 1. The Morgan fingerprint density at radius 3 is 2.17 bits per heavy atom. The first-order valence-electron chi connectivity index (χ1n) is 11.9. The molecule has 0 radical (unpaired) electrons. The summed E-state index contributed by atoms with van der Waals surface area (Å²) < 4.78 is 3.79. The zero-order valence-corrected chi connectivity index (χ0v) is 20.1. The van der Waals surface area contributed by atoms with Crippen LogP contribution in [0.15, 0.2) is 36.4 Å². The maximum absolute atomic E-state index is 4.97. The van der Waals surface area contributed by atoms with Crippen LogP contribution in [0.25, 0.3) is 20.8 Å². The van der Waals surface area contributed by atoms with E-state index in [0.29, 0.717) is 0 Å². The van der Waals surface area contributed by atoms with Crippen LogP contribution in [-0.2, 0) is 0 Å². The van der Waals surface area contributed by atoms with Crippen LogP contribution in [-0.4, -0.2) is 31.2 Å². The van der Waals surface area contributed by atoms with Gasteiger partial charge in [-0.25, -0.2) is 9.56 Å². The summed E-state index contributed by atoms with van der Waals surface area (Å²) in [7, 11) is 0. The van der Waals surface area contributed by atoms with Gasteiger partial charge in [-0.2, -0.15) is 0 Å². The van der Waals surface area contributed by atoms with Crippen LogP contribution < -0.4 is 14.8 Å². The molecule has 30 heavy (non-hydrogen) atoms. The Morgan fingerprint density at radius 1 is 0.833 bits per heavy atom. The van der Waals surface area contributed by atoms with E-state index >= 15 is 0 Å². The third kappa shape index (κ3) is 5.60. The second kappa shape index (κ2) is 11.5. The number of nitrogens with zero attached hydrogens (tertiary/aromatic N) is 3. The van der Waals surface area contributed by atoms with Crippen molar-refractivity contribution in [3.63, 3.8) is 0 Å². The molecule has 1 aromatic carbocycles. The largest absolute Gasteiger partial charge is 0.371 e. The Labute approximate surface area is 186 Å². The molecule has 3 rings (SSSR count). The molecule has 3 nitrogen and oxygen atoms in total. The number of rotatable bonds is 11. The van der Waals surface area contributed by atoms with Gasteiger partial charge in [0, 0.05) is 43.8 Å². The predicted octanol–water partition coefficient (Wildman–Crippen LogP) is 6.40. The fourth-order valence-electron chi connectivity index (χ4n) is 3.97. The van der Waals surface area contributed by atoms with Crippen molar-refractivity contribution in [3.8, 4) is 10.6 Å². The molecule has 0 N–H and O–H groups in total.